The number of hydrogen-bond donors (Lipinski definition) is 2. The molecule has 3 N–H and O–H groups in total. The van der Waals surface area contributed by atoms with Crippen molar-refractivity contribution >= 4 is 23.5 Å². The van der Waals surface area contributed by atoms with Gasteiger partial charge >= 0.3 is 0 Å². The van der Waals surface area contributed by atoms with Crippen LogP contribution in [0.2, 0.25) is 0 Å². The molecule has 2 heterocycles. The summed E-state index contributed by atoms with van der Waals surface area (Å²) in [6, 6.07) is 1.53. The molecule has 9 nitrogen and oxygen atoms in total. The van der Waals surface area contributed by atoms with E-state index in [2.05, 4.69) is 20.7 Å². The highest BCUT2D eigenvalue weighted by Crippen LogP contribution is 2.29. The van der Waals surface area contributed by atoms with Gasteiger partial charge in [0.25, 0.3) is 5.91 Å². The Hall–Kier alpha value is -2.71. The standard InChI is InChI=1S/C11H13N7O2/c12-8-3-4-13-18(8)10(19)6-17-5-9(15-16-17)14-11(20)7-1-2-7/h3-5,7H,1-2,6,12H2,(H,14,20). The first kappa shape index (κ1) is 12.3. The van der Waals surface area contributed by atoms with E-state index >= 15 is 0 Å². The van der Waals surface area contributed by atoms with E-state index in [0.29, 0.717) is 5.82 Å². The zero-order valence-electron chi connectivity index (χ0n) is 10.6. The van der Waals surface area contributed by atoms with Crippen LogP contribution in [-0.4, -0.2) is 36.6 Å². The predicted molar refractivity (Wildman–Crippen MR) is 68.6 cm³/mol. The second-order valence-electron chi connectivity index (χ2n) is 4.63. The molecule has 0 saturated heterocycles. The summed E-state index contributed by atoms with van der Waals surface area (Å²) in [6.07, 6.45) is 4.77. The lowest BCUT2D eigenvalue weighted by Gasteiger charge is -2.02. The van der Waals surface area contributed by atoms with E-state index < -0.39 is 0 Å². The molecule has 1 fully saturated rings. The summed E-state index contributed by atoms with van der Waals surface area (Å²) >= 11 is 0. The zero-order valence-corrected chi connectivity index (χ0v) is 10.6. The van der Waals surface area contributed by atoms with Gasteiger partial charge in [-0.05, 0) is 12.8 Å². The Kier molecular flexibility index (Phi) is 2.93. The molecule has 1 amide bonds. The fourth-order valence-corrected chi connectivity index (χ4v) is 1.73. The van der Waals surface area contributed by atoms with Gasteiger partial charge in [-0.1, -0.05) is 5.21 Å². The number of hydrogen-bond acceptors (Lipinski definition) is 6. The van der Waals surface area contributed by atoms with Gasteiger partial charge in [-0.3, -0.25) is 9.59 Å². The summed E-state index contributed by atoms with van der Waals surface area (Å²) in [4.78, 5) is 23.4. The van der Waals surface area contributed by atoms with Crippen molar-refractivity contribution in [3.05, 3.63) is 18.5 Å². The van der Waals surface area contributed by atoms with Crippen LogP contribution in [0.4, 0.5) is 11.6 Å². The molecule has 0 radical (unpaired) electrons. The van der Waals surface area contributed by atoms with Crippen LogP contribution in [0.5, 0.6) is 0 Å². The van der Waals surface area contributed by atoms with Gasteiger partial charge in [0.15, 0.2) is 5.82 Å². The van der Waals surface area contributed by atoms with E-state index in [0.717, 1.165) is 17.5 Å². The largest absolute Gasteiger partial charge is 0.383 e. The quantitative estimate of drug-likeness (QED) is 0.793. The van der Waals surface area contributed by atoms with Gasteiger partial charge in [0.1, 0.15) is 12.4 Å². The van der Waals surface area contributed by atoms with E-state index in [1.54, 1.807) is 0 Å². The van der Waals surface area contributed by atoms with E-state index in [9.17, 15) is 9.59 Å². The second kappa shape index (κ2) is 4.76. The molecule has 1 saturated carbocycles. The lowest BCUT2D eigenvalue weighted by atomic mass is 10.4. The number of carbonyl (C=O) groups is 2. The Morgan fingerprint density at radius 1 is 1.45 bits per heavy atom. The lowest BCUT2D eigenvalue weighted by Crippen LogP contribution is -2.21. The number of amides is 1. The van der Waals surface area contributed by atoms with Crippen molar-refractivity contribution in [2.75, 3.05) is 11.1 Å². The van der Waals surface area contributed by atoms with Crippen LogP contribution in [0, 0.1) is 5.92 Å². The summed E-state index contributed by atoms with van der Waals surface area (Å²) in [5, 5.41) is 14.0. The Labute approximate surface area is 113 Å². The maximum Gasteiger partial charge on any atom is 0.270 e. The molecule has 20 heavy (non-hydrogen) atoms. The summed E-state index contributed by atoms with van der Waals surface area (Å²) < 4.78 is 2.41. The van der Waals surface area contributed by atoms with E-state index in [4.69, 9.17) is 5.73 Å². The molecule has 2 aromatic rings. The smallest absolute Gasteiger partial charge is 0.270 e. The third-order valence-corrected chi connectivity index (χ3v) is 2.94. The number of nitrogens with zero attached hydrogens (tertiary/aromatic N) is 5. The van der Waals surface area contributed by atoms with E-state index in [1.165, 1.54) is 23.1 Å². The van der Waals surface area contributed by atoms with E-state index in [1.807, 2.05) is 0 Å². The molecule has 0 unspecified atom stereocenters. The Morgan fingerprint density at radius 3 is 2.90 bits per heavy atom. The summed E-state index contributed by atoms with van der Waals surface area (Å²) in [5.74, 6) is 0.295. The van der Waals surface area contributed by atoms with Crippen LogP contribution in [0.3, 0.4) is 0 Å². The van der Waals surface area contributed by atoms with Gasteiger partial charge in [0, 0.05) is 12.0 Å². The highest BCUT2D eigenvalue weighted by Gasteiger charge is 2.30. The number of anilines is 2. The van der Waals surface area contributed by atoms with Gasteiger partial charge in [-0.25, -0.2) is 4.68 Å². The highest BCUT2D eigenvalue weighted by molar-refractivity contribution is 5.93. The molecule has 1 aliphatic rings. The van der Waals surface area contributed by atoms with Crippen LogP contribution >= 0.6 is 0 Å². The maximum absolute atomic E-state index is 11.9. The molecule has 3 rings (SSSR count). The van der Waals surface area contributed by atoms with E-state index in [-0.39, 0.29) is 30.1 Å². The van der Waals surface area contributed by atoms with Crippen molar-refractivity contribution in [2.24, 2.45) is 5.92 Å². The van der Waals surface area contributed by atoms with Crippen molar-refractivity contribution in [3.8, 4) is 0 Å². The van der Waals surface area contributed by atoms with Crippen LogP contribution in [0.25, 0.3) is 0 Å². The van der Waals surface area contributed by atoms with Crippen molar-refractivity contribution in [2.45, 2.75) is 19.4 Å². The number of nitrogen functional groups attached to an aromatic ring is 1. The number of rotatable bonds is 4. The predicted octanol–water partition coefficient (Wildman–Crippen LogP) is -0.254. The highest BCUT2D eigenvalue weighted by atomic mass is 16.2. The number of nitrogens with two attached hydrogens (primary N) is 1. The average Bonchev–Trinajstić information content (AvgIpc) is 3.05. The van der Waals surface area contributed by atoms with Crippen LogP contribution in [-0.2, 0) is 11.3 Å². The minimum atomic E-state index is -0.336. The second-order valence-corrected chi connectivity index (χ2v) is 4.63. The number of aromatic nitrogens is 5. The molecular weight excluding hydrogens is 262 g/mol. The number of nitrogens with one attached hydrogen (secondary N) is 1. The third kappa shape index (κ3) is 2.51. The molecule has 0 spiro atoms. The normalized spacial score (nSPS) is 14.2. The summed E-state index contributed by atoms with van der Waals surface area (Å²) in [5.41, 5.74) is 5.58. The maximum atomic E-state index is 11.9. The monoisotopic (exact) mass is 275 g/mol. The Morgan fingerprint density at radius 2 is 2.25 bits per heavy atom. The third-order valence-electron chi connectivity index (χ3n) is 2.94. The first-order valence-electron chi connectivity index (χ1n) is 6.17. The van der Waals surface area contributed by atoms with Crippen molar-refractivity contribution in [1.29, 1.82) is 0 Å². The first-order chi connectivity index (χ1) is 9.63. The van der Waals surface area contributed by atoms with Crippen molar-refractivity contribution in [1.82, 2.24) is 24.8 Å². The van der Waals surface area contributed by atoms with Gasteiger partial charge in [-0.15, -0.1) is 5.10 Å². The average molecular weight is 275 g/mol. The fourth-order valence-electron chi connectivity index (χ4n) is 1.73. The van der Waals surface area contributed by atoms with Crippen molar-refractivity contribution in [3.63, 3.8) is 0 Å². The molecule has 0 aromatic carbocycles. The SMILES string of the molecule is Nc1ccnn1C(=O)Cn1cc(NC(=O)C2CC2)nn1. The number of carbonyl (C=O) groups excluding carboxylic acids is 2. The molecule has 9 heteroatoms. The molecule has 2 aromatic heterocycles. The fraction of sp³-hybridized carbons (Fsp3) is 0.364. The molecule has 0 bridgehead atoms. The van der Waals surface area contributed by atoms with Gasteiger partial charge < -0.3 is 11.1 Å². The zero-order chi connectivity index (χ0) is 14.1. The van der Waals surface area contributed by atoms with Crippen LogP contribution in [0.15, 0.2) is 18.5 Å². The van der Waals surface area contributed by atoms with Crippen LogP contribution < -0.4 is 11.1 Å². The molecule has 0 atom stereocenters. The van der Waals surface area contributed by atoms with Gasteiger partial charge in [-0.2, -0.15) is 9.78 Å². The molecular formula is C11H13N7O2. The topological polar surface area (TPSA) is 121 Å². The molecule has 104 valence electrons. The minimum absolute atomic E-state index is 0.0558. The Balaban J connectivity index is 1.63. The molecule has 1 aliphatic carbocycles. The van der Waals surface area contributed by atoms with Crippen molar-refractivity contribution < 1.29 is 9.59 Å². The summed E-state index contributed by atoms with van der Waals surface area (Å²) in [6.45, 7) is -0.0574. The van der Waals surface area contributed by atoms with Gasteiger partial charge in [0.05, 0.1) is 12.4 Å². The van der Waals surface area contributed by atoms with Crippen LogP contribution in [0.1, 0.15) is 17.6 Å². The van der Waals surface area contributed by atoms with Gasteiger partial charge in [0.2, 0.25) is 5.91 Å². The Bertz CT molecular complexity index is 655. The lowest BCUT2D eigenvalue weighted by molar-refractivity contribution is -0.117. The summed E-state index contributed by atoms with van der Waals surface area (Å²) in [7, 11) is 0. The first-order valence-corrected chi connectivity index (χ1v) is 6.17. The molecule has 0 aliphatic heterocycles. The minimum Gasteiger partial charge on any atom is -0.383 e.